The van der Waals surface area contributed by atoms with Gasteiger partial charge in [-0.05, 0) is 24.7 Å². The minimum absolute atomic E-state index is 0.709. The van der Waals surface area contributed by atoms with Crippen LogP contribution in [0.15, 0.2) is 36.9 Å². The second-order valence-electron chi connectivity index (χ2n) is 6.37. The van der Waals surface area contributed by atoms with Crippen molar-refractivity contribution in [2.45, 2.75) is 6.54 Å². The number of fused-ring (bicyclic) bond motifs is 1. The average Bonchev–Trinajstić information content (AvgIpc) is 3.06. The van der Waals surface area contributed by atoms with Gasteiger partial charge in [0, 0.05) is 31.7 Å². The summed E-state index contributed by atoms with van der Waals surface area (Å²) in [4.78, 5) is 18.2. The van der Waals surface area contributed by atoms with Gasteiger partial charge in [-0.3, -0.25) is 0 Å². The van der Waals surface area contributed by atoms with Crippen molar-refractivity contribution in [3.05, 3.63) is 48.0 Å². The molecule has 0 amide bonds. The van der Waals surface area contributed by atoms with E-state index in [9.17, 15) is 0 Å². The van der Waals surface area contributed by atoms with Crippen LogP contribution in [0, 0.1) is 12.3 Å². The van der Waals surface area contributed by atoms with E-state index in [0.717, 1.165) is 54.3 Å². The Morgan fingerprint density at radius 3 is 2.52 bits per heavy atom. The fourth-order valence-electron chi connectivity index (χ4n) is 3.14. The zero-order chi connectivity index (χ0) is 17.2. The van der Waals surface area contributed by atoms with Crippen LogP contribution in [-0.2, 0) is 6.54 Å². The molecule has 0 radical (unpaired) electrons. The minimum Gasteiger partial charge on any atom is -0.352 e. The van der Waals surface area contributed by atoms with Crippen molar-refractivity contribution >= 4 is 17.0 Å². The molecule has 0 bridgehead atoms. The Kier molecular flexibility index (Phi) is 4.08. The normalized spacial score (nSPS) is 15.4. The van der Waals surface area contributed by atoms with Gasteiger partial charge in [0.1, 0.15) is 6.33 Å². The van der Waals surface area contributed by atoms with Gasteiger partial charge in [-0.15, -0.1) is 6.42 Å². The van der Waals surface area contributed by atoms with Gasteiger partial charge in [0.05, 0.1) is 12.9 Å². The van der Waals surface area contributed by atoms with E-state index in [1.165, 1.54) is 0 Å². The summed E-state index contributed by atoms with van der Waals surface area (Å²) in [6.45, 7) is 4.70. The molecule has 0 spiro atoms. The third-order valence-electron chi connectivity index (χ3n) is 4.66. The average molecular weight is 332 g/mol. The number of piperazine rings is 1. The molecule has 126 valence electrons. The molecule has 0 unspecified atom stereocenters. The molecule has 3 heterocycles. The molecule has 25 heavy (non-hydrogen) atoms. The van der Waals surface area contributed by atoms with Crippen LogP contribution in [0.4, 0.5) is 5.82 Å². The van der Waals surface area contributed by atoms with Crippen molar-refractivity contribution < 1.29 is 0 Å². The van der Waals surface area contributed by atoms with E-state index >= 15 is 0 Å². The van der Waals surface area contributed by atoms with Crippen LogP contribution in [0.3, 0.4) is 0 Å². The second kappa shape index (κ2) is 6.54. The van der Waals surface area contributed by atoms with E-state index in [0.29, 0.717) is 6.54 Å². The predicted octanol–water partition coefficient (Wildman–Crippen LogP) is 1.61. The van der Waals surface area contributed by atoms with E-state index in [2.05, 4.69) is 42.3 Å². The Bertz CT molecular complexity index is 913. The lowest BCUT2D eigenvalue weighted by atomic mass is 10.1. The van der Waals surface area contributed by atoms with E-state index in [1.807, 2.05) is 30.6 Å². The summed E-state index contributed by atoms with van der Waals surface area (Å²) in [5.74, 6) is 3.57. The quantitative estimate of drug-likeness (QED) is 0.682. The number of terminal acetylenes is 1. The summed E-state index contributed by atoms with van der Waals surface area (Å²) in [5.41, 5.74) is 3.79. The molecule has 1 fully saturated rings. The summed E-state index contributed by atoms with van der Waals surface area (Å²) >= 11 is 0. The van der Waals surface area contributed by atoms with Gasteiger partial charge >= 0.3 is 0 Å². The first-order chi connectivity index (χ1) is 12.2. The first kappa shape index (κ1) is 15.6. The van der Waals surface area contributed by atoms with Gasteiger partial charge in [-0.2, -0.15) is 0 Å². The van der Waals surface area contributed by atoms with Crippen molar-refractivity contribution in [1.29, 1.82) is 0 Å². The predicted molar refractivity (Wildman–Crippen MR) is 98.5 cm³/mol. The van der Waals surface area contributed by atoms with Gasteiger partial charge in [0.25, 0.3) is 0 Å². The molecule has 4 rings (SSSR count). The van der Waals surface area contributed by atoms with Gasteiger partial charge in [0.15, 0.2) is 17.0 Å². The molecule has 1 aliphatic heterocycles. The molecule has 1 aromatic carbocycles. The lowest BCUT2D eigenvalue weighted by Crippen LogP contribution is -2.44. The molecule has 1 aliphatic rings. The second-order valence-corrected chi connectivity index (χ2v) is 6.37. The van der Waals surface area contributed by atoms with E-state index < -0.39 is 0 Å². The van der Waals surface area contributed by atoms with Crippen LogP contribution in [0.5, 0.6) is 0 Å². The first-order valence-electron chi connectivity index (χ1n) is 8.39. The van der Waals surface area contributed by atoms with Crippen molar-refractivity contribution in [3.63, 3.8) is 0 Å². The standard InChI is InChI=1S/C19H20N6/c1-3-15-4-6-16(7-5-15)12-25-14-22-17-18(20-13-21-19(17)25)24-10-8-23(2)9-11-24/h1,4-7,13-14H,8-12H2,2H3. The topological polar surface area (TPSA) is 50.1 Å². The van der Waals surface area contributed by atoms with Crippen molar-refractivity contribution in [2.24, 2.45) is 0 Å². The van der Waals surface area contributed by atoms with Crippen LogP contribution in [-0.4, -0.2) is 57.6 Å². The Morgan fingerprint density at radius 2 is 1.80 bits per heavy atom. The summed E-state index contributed by atoms with van der Waals surface area (Å²) in [5, 5.41) is 0. The number of anilines is 1. The zero-order valence-corrected chi connectivity index (χ0v) is 14.3. The molecule has 2 aromatic heterocycles. The van der Waals surface area contributed by atoms with E-state index in [1.54, 1.807) is 6.33 Å². The maximum atomic E-state index is 5.42. The molecule has 6 heteroatoms. The fraction of sp³-hybridized carbons (Fsp3) is 0.316. The maximum Gasteiger partial charge on any atom is 0.165 e. The third-order valence-corrected chi connectivity index (χ3v) is 4.66. The summed E-state index contributed by atoms with van der Waals surface area (Å²) in [7, 11) is 2.15. The molecule has 0 aliphatic carbocycles. The monoisotopic (exact) mass is 332 g/mol. The lowest BCUT2D eigenvalue weighted by Gasteiger charge is -2.33. The smallest absolute Gasteiger partial charge is 0.165 e. The van der Waals surface area contributed by atoms with Gasteiger partial charge < -0.3 is 14.4 Å². The highest BCUT2D eigenvalue weighted by Crippen LogP contribution is 2.23. The fourth-order valence-corrected chi connectivity index (χ4v) is 3.14. The molecule has 3 aromatic rings. The van der Waals surface area contributed by atoms with E-state index in [4.69, 9.17) is 6.42 Å². The third kappa shape index (κ3) is 3.06. The highest BCUT2D eigenvalue weighted by molar-refractivity contribution is 5.83. The Hall–Kier alpha value is -2.91. The molecule has 1 saturated heterocycles. The number of rotatable bonds is 3. The van der Waals surface area contributed by atoms with Gasteiger partial charge in [-0.25, -0.2) is 15.0 Å². The van der Waals surface area contributed by atoms with Gasteiger partial charge in [0.2, 0.25) is 0 Å². The van der Waals surface area contributed by atoms with Gasteiger partial charge in [-0.1, -0.05) is 18.1 Å². The Morgan fingerprint density at radius 1 is 1.04 bits per heavy atom. The number of hydrogen-bond acceptors (Lipinski definition) is 5. The largest absolute Gasteiger partial charge is 0.352 e. The zero-order valence-electron chi connectivity index (χ0n) is 14.3. The first-order valence-corrected chi connectivity index (χ1v) is 8.39. The number of nitrogens with zero attached hydrogens (tertiary/aromatic N) is 6. The van der Waals surface area contributed by atoms with Crippen LogP contribution in [0.2, 0.25) is 0 Å². The molecule has 6 nitrogen and oxygen atoms in total. The lowest BCUT2D eigenvalue weighted by molar-refractivity contribution is 0.312. The van der Waals surface area contributed by atoms with Crippen molar-refractivity contribution in [1.82, 2.24) is 24.4 Å². The van der Waals surface area contributed by atoms with Crippen LogP contribution in [0.25, 0.3) is 11.2 Å². The molecular weight excluding hydrogens is 312 g/mol. The highest BCUT2D eigenvalue weighted by Gasteiger charge is 2.19. The molecule has 0 atom stereocenters. The highest BCUT2D eigenvalue weighted by atomic mass is 15.3. The Balaban J connectivity index is 1.63. The van der Waals surface area contributed by atoms with E-state index in [-0.39, 0.29) is 0 Å². The van der Waals surface area contributed by atoms with Crippen LogP contribution in [0.1, 0.15) is 11.1 Å². The minimum atomic E-state index is 0.709. The summed E-state index contributed by atoms with van der Waals surface area (Å²) in [6, 6.07) is 8.01. The molecular formula is C19H20N6. The number of benzene rings is 1. The van der Waals surface area contributed by atoms with Crippen LogP contribution < -0.4 is 4.90 Å². The number of hydrogen-bond donors (Lipinski definition) is 0. The summed E-state index contributed by atoms with van der Waals surface area (Å²) in [6.07, 6.45) is 8.89. The number of likely N-dealkylation sites (N-methyl/N-ethyl adjacent to an activating group) is 1. The molecule has 0 N–H and O–H groups in total. The maximum absolute atomic E-state index is 5.42. The Labute approximate surface area is 147 Å². The number of aromatic nitrogens is 4. The van der Waals surface area contributed by atoms with Crippen LogP contribution >= 0.6 is 0 Å². The summed E-state index contributed by atoms with van der Waals surface area (Å²) < 4.78 is 2.06. The molecule has 0 saturated carbocycles. The SMILES string of the molecule is C#Cc1ccc(Cn2cnc3c(N4CCN(C)CC4)ncnc32)cc1. The number of imidazole rings is 1. The van der Waals surface area contributed by atoms with Crippen molar-refractivity contribution in [3.8, 4) is 12.3 Å². The van der Waals surface area contributed by atoms with Crippen molar-refractivity contribution in [2.75, 3.05) is 38.1 Å².